The standard InChI is InChI=1S/C29H30N4O5S/c34-27(22-9-11-23(12-10-22)39(37,38)32-13-1-2-14-32)31-18-15-30(16-19-31)17-20-33-28(35)24-7-3-5-21-6-4-8-25(26(21)24)29(33)36/h3-12H,1-2,13-20H2. The van der Waals surface area contributed by atoms with Gasteiger partial charge in [0.1, 0.15) is 0 Å². The first kappa shape index (κ1) is 25.7. The zero-order valence-corrected chi connectivity index (χ0v) is 22.4. The molecule has 0 N–H and O–H groups in total. The minimum absolute atomic E-state index is 0.133. The molecule has 202 valence electrons. The van der Waals surface area contributed by atoms with E-state index in [2.05, 4.69) is 4.90 Å². The third-order valence-corrected chi connectivity index (χ3v) is 9.87. The van der Waals surface area contributed by atoms with Crippen LogP contribution in [0.3, 0.4) is 0 Å². The summed E-state index contributed by atoms with van der Waals surface area (Å²) in [6.07, 6.45) is 1.74. The number of piperazine rings is 1. The van der Waals surface area contributed by atoms with E-state index in [9.17, 15) is 22.8 Å². The second-order valence-electron chi connectivity index (χ2n) is 10.2. The minimum atomic E-state index is -3.51. The molecule has 0 radical (unpaired) electrons. The molecular weight excluding hydrogens is 516 g/mol. The molecular formula is C29H30N4O5S. The number of carbonyl (C=O) groups is 3. The van der Waals surface area contributed by atoms with Crippen molar-refractivity contribution in [1.82, 2.24) is 19.0 Å². The van der Waals surface area contributed by atoms with E-state index in [1.54, 1.807) is 29.2 Å². The molecule has 2 fully saturated rings. The molecule has 0 bridgehead atoms. The van der Waals surface area contributed by atoms with Crippen LogP contribution in [0.2, 0.25) is 0 Å². The summed E-state index contributed by atoms with van der Waals surface area (Å²) >= 11 is 0. The van der Waals surface area contributed by atoms with Crippen LogP contribution < -0.4 is 0 Å². The lowest BCUT2D eigenvalue weighted by Crippen LogP contribution is -2.51. The normalized spacial score (nSPS) is 18.8. The number of hydrogen-bond donors (Lipinski definition) is 0. The lowest BCUT2D eigenvalue weighted by Gasteiger charge is -2.36. The highest BCUT2D eigenvalue weighted by atomic mass is 32.2. The van der Waals surface area contributed by atoms with Gasteiger partial charge < -0.3 is 4.90 Å². The van der Waals surface area contributed by atoms with Crippen molar-refractivity contribution in [3.05, 3.63) is 77.4 Å². The molecule has 0 saturated carbocycles. The van der Waals surface area contributed by atoms with Crippen LogP contribution in [-0.2, 0) is 10.0 Å². The van der Waals surface area contributed by atoms with Gasteiger partial charge in [-0.2, -0.15) is 4.31 Å². The predicted molar refractivity (Wildman–Crippen MR) is 146 cm³/mol. The summed E-state index contributed by atoms with van der Waals surface area (Å²) in [5, 5.41) is 1.61. The van der Waals surface area contributed by atoms with Crippen molar-refractivity contribution < 1.29 is 22.8 Å². The molecule has 0 unspecified atom stereocenters. The molecule has 3 aliphatic heterocycles. The molecule has 3 aliphatic rings. The molecule has 3 aromatic rings. The van der Waals surface area contributed by atoms with Crippen LogP contribution in [0.5, 0.6) is 0 Å². The topological polar surface area (TPSA) is 98.3 Å². The zero-order valence-electron chi connectivity index (χ0n) is 21.6. The van der Waals surface area contributed by atoms with Crippen LogP contribution in [0.25, 0.3) is 10.8 Å². The van der Waals surface area contributed by atoms with Crippen molar-refractivity contribution in [3.63, 3.8) is 0 Å². The Morgan fingerprint density at radius 1 is 0.718 bits per heavy atom. The number of amides is 3. The Bertz CT molecular complexity index is 1510. The Morgan fingerprint density at radius 2 is 1.31 bits per heavy atom. The smallest absolute Gasteiger partial charge is 0.261 e. The second kappa shape index (κ2) is 10.2. The van der Waals surface area contributed by atoms with Gasteiger partial charge in [-0.3, -0.25) is 24.2 Å². The summed E-state index contributed by atoms with van der Waals surface area (Å²) in [4.78, 5) is 44.8. The van der Waals surface area contributed by atoms with E-state index in [0.29, 0.717) is 62.5 Å². The van der Waals surface area contributed by atoms with Gasteiger partial charge in [0, 0.05) is 74.4 Å². The van der Waals surface area contributed by atoms with Gasteiger partial charge in [0.05, 0.1) is 4.90 Å². The van der Waals surface area contributed by atoms with Crippen molar-refractivity contribution in [1.29, 1.82) is 0 Å². The number of nitrogens with zero attached hydrogens (tertiary/aromatic N) is 4. The van der Waals surface area contributed by atoms with Gasteiger partial charge >= 0.3 is 0 Å². The molecule has 0 aliphatic carbocycles. The monoisotopic (exact) mass is 546 g/mol. The fourth-order valence-electron chi connectivity index (χ4n) is 5.73. The van der Waals surface area contributed by atoms with Crippen molar-refractivity contribution >= 4 is 38.5 Å². The van der Waals surface area contributed by atoms with Gasteiger partial charge in [-0.25, -0.2) is 8.42 Å². The molecule has 3 amide bonds. The van der Waals surface area contributed by atoms with E-state index in [1.807, 2.05) is 24.3 Å². The van der Waals surface area contributed by atoms with Crippen LogP contribution in [0, 0.1) is 0 Å². The average Bonchev–Trinajstić information content (AvgIpc) is 3.52. The molecule has 9 nitrogen and oxygen atoms in total. The van der Waals surface area contributed by atoms with Crippen molar-refractivity contribution in [2.75, 3.05) is 52.4 Å². The summed E-state index contributed by atoms with van der Waals surface area (Å²) in [6.45, 7) is 4.15. The highest BCUT2D eigenvalue weighted by Crippen LogP contribution is 2.30. The first-order valence-electron chi connectivity index (χ1n) is 13.3. The highest BCUT2D eigenvalue weighted by Gasteiger charge is 2.33. The van der Waals surface area contributed by atoms with E-state index in [4.69, 9.17) is 0 Å². The fourth-order valence-corrected chi connectivity index (χ4v) is 7.25. The predicted octanol–water partition coefficient (Wildman–Crippen LogP) is 2.68. The average molecular weight is 547 g/mol. The number of carbonyl (C=O) groups excluding carboxylic acids is 3. The van der Waals surface area contributed by atoms with E-state index in [0.717, 1.165) is 23.6 Å². The summed E-state index contributed by atoms with van der Waals surface area (Å²) in [7, 11) is -3.51. The van der Waals surface area contributed by atoms with Gasteiger partial charge in [-0.1, -0.05) is 24.3 Å². The first-order chi connectivity index (χ1) is 18.8. The zero-order chi connectivity index (χ0) is 27.1. The second-order valence-corrected chi connectivity index (χ2v) is 12.2. The lowest BCUT2D eigenvalue weighted by atomic mass is 9.94. The quantitative estimate of drug-likeness (QED) is 0.441. The Hall–Kier alpha value is -3.60. The summed E-state index contributed by atoms with van der Waals surface area (Å²) in [5.74, 6) is -0.674. The Labute approximate surface area is 227 Å². The summed E-state index contributed by atoms with van der Waals surface area (Å²) in [5.41, 5.74) is 1.57. The molecule has 3 heterocycles. The molecule has 39 heavy (non-hydrogen) atoms. The van der Waals surface area contributed by atoms with Gasteiger partial charge in [0.25, 0.3) is 17.7 Å². The maximum absolute atomic E-state index is 13.1. The minimum Gasteiger partial charge on any atom is -0.336 e. The van der Waals surface area contributed by atoms with Crippen molar-refractivity contribution in [2.24, 2.45) is 0 Å². The van der Waals surface area contributed by atoms with Gasteiger partial charge in [0.15, 0.2) is 0 Å². The maximum atomic E-state index is 13.1. The number of benzene rings is 3. The number of sulfonamides is 1. The van der Waals surface area contributed by atoms with Crippen LogP contribution in [0.4, 0.5) is 0 Å². The molecule has 0 atom stereocenters. The lowest BCUT2D eigenvalue weighted by molar-refractivity contribution is 0.0550. The van der Waals surface area contributed by atoms with E-state index in [1.165, 1.54) is 21.3 Å². The SMILES string of the molecule is O=C(c1ccc(S(=O)(=O)N2CCCC2)cc1)N1CCN(CCN2C(=O)c3cccc4cccc(c34)C2=O)CC1. The van der Waals surface area contributed by atoms with Gasteiger partial charge in [0.2, 0.25) is 10.0 Å². The Balaban J connectivity index is 1.05. The molecule has 0 aromatic heterocycles. The van der Waals surface area contributed by atoms with Gasteiger partial charge in [-0.15, -0.1) is 0 Å². The van der Waals surface area contributed by atoms with E-state index in [-0.39, 0.29) is 29.2 Å². The molecule has 10 heteroatoms. The van der Waals surface area contributed by atoms with Crippen molar-refractivity contribution in [3.8, 4) is 0 Å². The molecule has 3 aromatic carbocycles. The maximum Gasteiger partial charge on any atom is 0.261 e. The van der Waals surface area contributed by atoms with Crippen LogP contribution in [0.15, 0.2) is 65.6 Å². The Morgan fingerprint density at radius 3 is 1.90 bits per heavy atom. The van der Waals surface area contributed by atoms with Gasteiger partial charge in [-0.05, 0) is 54.6 Å². The van der Waals surface area contributed by atoms with Crippen molar-refractivity contribution in [2.45, 2.75) is 17.7 Å². The molecule has 0 spiro atoms. The fraction of sp³-hybridized carbons (Fsp3) is 0.345. The Kier molecular flexibility index (Phi) is 6.70. The number of hydrogen-bond acceptors (Lipinski definition) is 6. The number of imide groups is 1. The molecule has 6 rings (SSSR count). The van der Waals surface area contributed by atoms with Crippen LogP contribution >= 0.6 is 0 Å². The van der Waals surface area contributed by atoms with E-state index < -0.39 is 10.0 Å². The highest BCUT2D eigenvalue weighted by molar-refractivity contribution is 7.89. The number of rotatable bonds is 6. The largest absolute Gasteiger partial charge is 0.336 e. The van der Waals surface area contributed by atoms with Crippen LogP contribution in [-0.4, -0.2) is 97.5 Å². The third kappa shape index (κ3) is 4.62. The first-order valence-corrected chi connectivity index (χ1v) is 14.8. The summed E-state index contributed by atoms with van der Waals surface area (Å²) in [6, 6.07) is 17.2. The van der Waals surface area contributed by atoms with Crippen LogP contribution in [0.1, 0.15) is 43.9 Å². The molecule has 2 saturated heterocycles. The summed E-state index contributed by atoms with van der Waals surface area (Å²) < 4.78 is 27.0. The van der Waals surface area contributed by atoms with E-state index >= 15 is 0 Å². The third-order valence-electron chi connectivity index (χ3n) is 7.96.